The number of hydrogen-bond acceptors (Lipinski definition) is 4. The van der Waals surface area contributed by atoms with Gasteiger partial charge in [0, 0.05) is 11.8 Å². The first-order valence-corrected chi connectivity index (χ1v) is 5.93. The van der Waals surface area contributed by atoms with Gasteiger partial charge in [-0.25, -0.2) is 4.98 Å². The van der Waals surface area contributed by atoms with Gasteiger partial charge < -0.3 is 19.6 Å². The Morgan fingerprint density at radius 1 is 1.21 bits per heavy atom. The Morgan fingerprint density at radius 2 is 2.16 bits per heavy atom. The standard InChI is InChI=1S/C14H11N3O2/c15-13-11(1-2-12-14(13)19-8-18-12)9-3-4-17-7-16-6-10(17)5-9/h1-7H,8,15H2. The van der Waals surface area contributed by atoms with Crippen LogP contribution in [0, 0.1) is 0 Å². The summed E-state index contributed by atoms with van der Waals surface area (Å²) in [5, 5.41) is 0. The minimum Gasteiger partial charge on any atom is -0.454 e. The first kappa shape index (κ1) is 10.3. The van der Waals surface area contributed by atoms with Crippen LogP contribution in [-0.4, -0.2) is 16.2 Å². The van der Waals surface area contributed by atoms with Crippen molar-refractivity contribution in [3.8, 4) is 22.6 Å². The summed E-state index contributed by atoms with van der Waals surface area (Å²) >= 11 is 0. The number of pyridine rings is 1. The monoisotopic (exact) mass is 253 g/mol. The van der Waals surface area contributed by atoms with Gasteiger partial charge in [-0.15, -0.1) is 0 Å². The number of aromatic nitrogens is 2. The molecule has 19 heavy (non-hydrogen) atoms. The summed E-state index contributed by atoms with van der Waals surface area (Å²) in [6, 6.07) is 7.88. The Bertz CT molecular complexity index is 779. The topological polar surface area (TPSA) is 61.8 Å². The van der Waals surface area contributed by atoms with Gasteiger partial charge in [-0.1, -0.05) is 0 Å². The molecule has 0 aliphatic carbocycles. The lowest BCUT2D eigenvalue weighted by Crippen LogP contribution is -1.96. The third-order valence-corrected chi connectivity index (χ3v) is 3.30. The SMILES string of the molecule is Nc1c(-c2ccn3cncc3c2)ccc2c1OCO2. The molecule has 0 saturated carbocycles. The predicted octanol–water partition coefficient (Wildman–Crippen LogP) is 2.31. The summed E-state index contributed by atoms with van der Waals surface area (Å²) in [6.45, 7) is 0.227. The van der Waals surface area contributed by atoms with Crippen LogP contribution in [0.4, 0.5) is 5.69 Å². The van der Waals surface area contributed by atoms with Crippen molar-refractivity contribution < 1.29 is 9.47 Å². The van der Waals surface area contributed by atoms with Crippen LogP contribution < -0.4 is 15.2 Å². The van der Waals surface area contributed by atoms with E-state index >= 15 is 0 Å². The number of benzene rings is 1. The van der Waals surface area contributed by atoms with E-state index in [9.17, 15) is 0 Å². The Balaban J connectivity index is 1.92. The van der Waals surface area contributed by atoms with Gasteiger partial charge in [0.25, 0.3) is 0 Å². The van der Waals surface area contributed by atoms with E-state index in [4.69, 9.17) is 15.2 Å². The Labute approximate surface area is 109 Å². The van der Waals surface area contributed by atoms with Crippen molar-refractivity contribution >= 4 is 11.2 Å². The molecule has 3 aromatic rings. The largest absolute Gasteiger partial charge is 0.454 e. The molecule has 1 aromatic carbocycles. The maximum absolute atomic E-state index is 6.16. The van der Waals surface area contributed by atoms with Gasteiger partial charge in [-0.2, -0.15) is 0 Å². The molecule has 0 fully saturated rings. The zero-order valence-electron chi connectivity index (χ0n) is 10.0. The molecule has 0 atom stereocenters. The summed E-state index contributed by atoms with van der Waals surface area (Å²) in [4.78, 5) is 4.10. The molecule has 0 spiro atoms. The molecular formula is C14H11N3O2. The first-order chi connectivity index (χ1) is 9.33. The van der Waals surface area contributed by atoms with Crippen molar-refractivity contribution in [2.24, 2.45) is 0 Å². The fraction of sp³-hybridized carbons (Fsp3) is 0.0714. The number of fused-ring (bicyclic) bond motifs is 2. The molecule has 0 amide bonds. The number of ether oxygens (including phenoxy) is 2. The Hall–Kier alpha value is -2.69. The molecule has 2 aromatic heterocycles. The average molecular weight is 253 g/mol. The van der Waals surface area contributed by atoms with Crippen molar-refractivity contribution in [2.75, 3.05) is 12.5 Å². The second-order valence-corrected chi connectivity index (χ2v) is 4.40. The molecule has 1 aliphatic rings. The molecule has 1 aliphatic heterocycles. The van der Waals surface area contributed by atoms with E-state index in [1.807, 2.05) is 41.1 Å². The van der Waals surface area contributed by atoms with Crippen molar-refractivity contribution in [1.82, 2.24) is 9.38 Å². The second-order valence-electron chi connectivity index (χ2n) is 4.40. The zero-order chi connectivity index (χ0) is 12.8. The van der Waals surface area contributed by atoms with E-state index in [0.29, 0.717) is 17.2 Å². The summed E-state index contributed by atoms with van der Waals surface area (Å²) in [5.74, 6) is 1.33. The molecule has 2 N–H and O–H groups in total. The van der Waals surface area contributed by atoms with Gasteiger partial charge in [0.2, 0.25) is 6.79 Å². The fourth-order valence-corrected chi connectivity index (χ4v) is 2.33. The van der Waals surface area contributed by atoms with Crippen molar-refractivity contribution in [3.63, 3.8) is 0 Å². The maximum atomic E-state index is 6.16. The maximum Gasteiger partial charge on any atom is 0.231 e. The van der Waals surface area contributed by atoms with Crippen LogP contribution in [0.1, 0.15) is 0 Å². The highest BCUT2D eigenvalue weighted by molar-refractivity contribution is 5.84. The van der Waals surface area contributed by atoms with E-state index < -0.39 is 0 Å². The van der Waals surface area contributed by atoms with E-state index in [1.54, 1.807) is 6.33 Å². The molecule has 0 radical (unpaired) electrons. The lowest BCUT2D eigenvalue weighted by molar-refractivity contribution is 0.174. The Morgan fingerprint density at radius 3 is 3.11 bits per heavy atom. The molecule has 5 nitrogen and oxygen atoms in total. The Kier molecular flexibility index (Phi) is 1.97. The molecule has 3 heterocycles. The number of imidazole rings is 1. The fourth-order valence-electron chi connectivity index (χ4n) is 2.33. The number of nitrogens with zero attached hydrogens (tertiary/aromatic N) is 2. The summed E-state index contributed by atoms with van der Waals surface area (Å²) < 4.78 is 12.7. The number of anilines is 1. The molecule has 94 valence electrons. The molecule has 0 saturated heterocycles. The molecular weight excluding hydrogens is 242 g/mol. The van der Waals surface area contributed by atoms with Crippen molar-refractivity contribution in [2.45, 2.75) is 0 Å². The average Bonchev–Trinajstić information content (AvgIpc) is 3.07. The quantitative estimate of drug-likeness (QED) is 0.676. The minimum atomic E-state index is 0.227. The first-order valence-electron chi connectivity index (χ1n) is 5.93. The predicted molar refractivity (Wildman–Crippen MR) is 71.2 cm³/mol. The molecule has 0 unspecified atom stereocenters. The van der Waals surface area contributed by atoms with Gasteiger partial charge in [-0.05, 0) is 29.8 Å². The highest BCUT2D eigenvalue weighted by atomic mass is 16.7. The number of rotatable bonds is 1. The van der Waals surface area contributed by atoms with Crippen LogP contribution >= 0.6 is 0 Å². The van der Waals surface area contributed by atoms with Crippen LogP contribution in [0.25, 0.3) is 16.6 Å². The number of nitrogens with two attached hydrogens (primary N) is 1. The summed E-state index contributed by atoms with van der Waals surface area (Å²) in [7, 11) is 0. The van der Waals surface area contributed by atoms with Crippen molar-refractivity contribution in [1.29, 1.82) is 0 Å². The lowest BCUT2D eigenvalue weighted by Gasteiger charge is -2.09. The van der Waals surface area contributed by atoms with E-state index in [0.717, 1.165) is 16.6 Å². The van der Waals surface area contributed by atoms with Crippen LogP contribution in [0.5, 0.6) is 11.5 Å². The van der Waals surface area contributed by atoms with Crippen LogP contribution in [-0.2, 0) is 0 Å². The van der Waals surface area contributed by atoms with E-state index in [-0.39, 0.29) is 6.79 Å². The van der Waals surface area contributed by atoms with Crippen LogP contribution in [0.2, 0.25) is 0 Å². The zero-order valence-corrected chi connectivity index (χ0v) is 10.0. The molecule has 0 bridgehead atoms. The van der Waals surface area contributed by atoms with Gasteiger partial charge in [0.15, 0.2) is 11.5 Å². The number of nitrogen functional groups attached to an aromatic ring is 1. The van der Waals surface area contributed by atoms with Gasteiger partial charge in [0.1, 0.15) is 0 Å². The normalized spacial score (nSPS) is 13.1. The second kappa shape index (κ2) is 3.65. The summed E-state index contributed by atoms with van der Waals surface area (Å²) in [6.07, 6.45) is 5.54. The van der Waals surface area contributed by atoms with Crippen LogP contribution in [0.15, 0.2) is 43.0 Å². The van der Waals surface area contributed by atoms with E-state index in [1.165, 1.54) is 0 Å². The third kappa shape index (κ3) is 1.45. The minimum absolute atomic E-state index is 0.227. The highest BCUT2D eigenvalue weighted by Gasteiger charge is 2.19. The van der Waals surface area contributed by atoms with E-state index in [2.05, 4.69) is 4.98 Å². The summed E-state index contributed by atoms with van der Waals surface area (Å²) in [5.41, 5.74) is 9.76. The van der Waals surface area contributed by atoms with Crippen molar-refractivity contribution in [3.05, 3.63) is 43.0 Å². The molecule has 5 heteroatoms. The third-order valence-electron chi connectivity index (χ3n) is 3.30. The highest BCUT2D eigenvalue weighted by Crippen LogP contribution is 2.43. The van der Waals surface area contributed by atoms with Gasteiger partial charge in [-0.3, -0.25) is 0 Å². The molecule has 4 rings (SSSR count). The van der Waals surface area contributed by atoms with Gasteiger partial charge in [0.05, 0.1) is 23.7 Å². The lowest BCUT2D eigenvalue weighted by atomic mass is 10.0. The number of hydrogen-bond donors (Lipinski definition) is 1. The van der Waals surface area contributed by atoms with Crippen LogP contribution in [0.3, 0.4) is 0 Å². The van der Waals surface area contributed by atoms with Gasteiger partial charge >= 0.3 is 0 Å². The smallest absolute Gasteiger partial charge is 0.231 e.